The number of carboxylic acids is 1. The highest BCUT2D eigenvalue weighted by molar-refractivity contribution is 5.87. The maximum absolute atomic E-state index is 13.8. The molecule has 1 atom stereocenters. The number of aromatic amines is 1. The van der Waals surface area contributed by atoms with Gasteiger partial charge in [0.25, 0.3) is 0 Å². The zero-order valence-corrected chi connectivity index (χ0v) is 9.54. The van der Waals surface area contributed by atoms with Crippen LogP contribution < -0.4 is 5.73 Å². The monoisotopic (exact) mass is 236 g/mol. The summed E-state index contributed by atoms with van der Waals surface area (Å²) in [5.74, 6) is -1.65. The highest BCUT2D eigenvalue weighted by Crippen LogP contribution is 2.27. The Kier molecular flexibility index (Phi) is 2.63. The molecule has 1 aromatic heterocycles. The first-order chi connectivity index (χ1) is 7.91. The van der Waals surface area contributed by atoms with Crippen LogP contribution in [-0.4, -0.2) is 16.1 Å². The van der Waals surface area contributed by atoms with E-state index in [1.165, 1.54) is 0 Å². The second kappa shape index (κ2) is 3.85. The molecule has 0 spiro atoms. The number of carbonyl (C=O) groups is 1. The number of hydrogen-bond acceptors (Lipinski definition) is 2. The minimum Gasteiger partial charge on any atom is -0.480 e. The summed E-state index contributed by atoms with van der Waals surface area (Å²) in [4.78, 5) is 13.7. The van der Waals surface area contributed by atoms with Gasteiger partial charge >= 0.3 is 5.97 Å². The number of aromatic nitrogens is 1. The summed E-state index contributed by atoms with van der Waals surface area (Å²) in [6.07, 6.45) is 0. The van der Waals surface area contributed by atoms with Crippen LogP contribution in [0.3, 0.4) is 0 Å². The molecule has 1 aromatic carbocycles. The Hall–Kier alpha value is -1.88. The number of rotatable bonds is 2. The van der Waals surface area contributed by atoms with Crippen LogP contribution in [0.2, 0.25) is 0 Å². The fraction of sp³-hybridized carbons (Fsp3) is 0.250. The maximum Gasteiger partial charge on any atom is 0.325 e. The summed E-state index contributed by atoms with van der Waals surface area (Å²) in [6, 6.07) is 1.58. The fourth-order valence-corrected chi connectivity index (χ4v) is 1.86. The molecule has 1 unspecified atom stereocenters. The van der Waals surface area contributed by atoms with Gasteiger partial charge in [-0.15, -0.1) is 0 Å². The number of nitrogens with one attached hydrogen (secondary N) is 1. The van der Waals surface area contributed by atoms with E-state index >= 15 is 0 Å². The number of nitrogens with two attached hydrogens (primary N) is 1. The topological polar surface area (TPSA) is 79.1 Å². The van der Waals surface area contributed by atoms with E-state index in [-0.39, 0.29) is 5.56 Å². The van der Waals surface area contributed by atoms with Crippen molar-refractivity contribution in [3.8, 4) is 0 Å². The zero-order chi connectivity index (χ0) is 12.7. The van der Waals surface area contributed by atoms with E-state index in [9.17, 15) is 9.18 Å². The van der Waals surface area contributed by atoms with Gasteiger partial charge in [-0.25, -0.2) is 4.39 Å². The number of aryl methyl sites for hydroxylation is 2. The lowest BCUT2D eigenvalue weighted by Gasteiger charge is -2.07. The number of fused-ring (bicyclic) bond motifs is 1. The first-order valence-electron chi connectivity index (χ1n) is 5.18. The van der Waals surface area contributed by atoms with Crippen LogP contribution in [0.25, 0.3) is 10.9 Å². The molecule has 90 valence electrons. The first-order valence-corrected chi connectivity index (χ1v) is 5.18. The average molecular weight is 236 g/mol. The van der Waals surface area contributed by atoms with Gasteiger partial charge in [-0.1, -0.05) is 0 Å². The number of aliphatic carboxylic acids is 1. The summed E-state index contributed by atoms with van der Waals surface area (Å²) < 4.78 is 13.8. The van der Waals surface area contributed by atoms with Crippen LogP contribution in [0, 0.1) is 19.7 Å². The molecule has 0 saturated carbocycles. The van der Waals surface area contributed by atoms with Crippen molar-refractivity contribution in [3.63, 3.8) is 0 Å². The predicted octanol–water partition coefficient (Wildman–Crippen LogP) is 2.01. The van der Waals surface area contributed by atoms with Crippen LogP contribution in [-0.2, 0) is 4.79 Å². The van der Waals surface area contributed by atoms with Gasteiger partial charge in [0.05, 0.1) is 5.52 Å². The van der Waals surface area contributed by atoms with Crippen molar-refractivity contribution >= 4 is 16.9 Å². The largest absolute Gasteiger partial charge is 0.480 e. The molecule has 4 nitrogen and oxygen atoms in total. The summed E-state index contributed by atoms with van der Waals surface area (Å²) in [6.45, 7) is 3.69. The maximum atomic E-state index is 13.8. The molecular formula is C12H13FN2O2. The lowest BCUT2D eigenvalue weighted by atomic mass is 10.0. The molecule has 0 fully saturated rings. The van der Waals surface area contributed by atoms with Crippen LogP contribution in [0.1, 0.15) is 22.9 Å². The van der Waals surface area contributed by atoms with Crippen LogP contribution in [0.5, 0.6) is 0 Å². The van der Waals surface area contributed by atoms with Crippen LogP contribution in [0.15, 0.2) is 12.1 Å². The van der Waals surface area contributed by atoms with E-state index in [0.29, 0.717) is 10.9 Å². The van der Waals surface area contributed by atoms with E-state index in [4.69, 9.17) is 10.8 Å². The second-order valence-electron chi connectivity index (χ2n) is 4.12. The Morgan fingerprint density at radius 2 is 2.12 bits per heavy atom. The normalized spacial score (nSPS) is 12.9. The Balaban J connectivity index is 2.69. The smallest absolute Gasteiger partial charge is 0.325 e. The quantitative estimate of drug-likeness (QED) is 0.746. The zero-order valence-electron chi connectivity index (χ0n) is 9.54. The van der Waals surface area contributed by atoms with Crippen molar-refractivity contribution in [1.29, 1.82) is 0 Å². The molecule has 2 aromatic rings. The minimum atomic E-state index is -1.21. The van der Waals surface area contributed by atoms with Crippen molar-refractivity contribution in [1.82, 2.24) is 4.98 Å². The molecule has 4 N–H and O–H groups in total. The number of benzene rings is 1. The van der Waals surface area contributed by atoms with Gasteiger partial charge in [0, 0.05) is 11.1 Å². The SMILES string of the molecule is Cc1[nH]c2c(F)cc(C(N)C(=O)O)cc2c1C. The second-order valence-corrected chi connectivity index (χ2v) is 4.12. The lowest BCUT2D eigenvalue weighted by molar-refractivity contribution is -0.138. The van der Waals surface area contributed by atoms with Gasteiger partial charge in [0.15, 0.2) is 0 Å². The Morgan fingerprint density at radius 3 is 2.71 bits per heavy atom. The molecule has 0 aliphatic rings. The number of hydrogen-bond donors (Lipinski definition) is 3. The van der Waals surface area contributed by atoms with Gasteiger partial charge in [0.1, 0.15) is 11.9 Å². The minimum absolute atomic E-state index is 0.268. The Labute approximate surface area is 97.2 Å². The van der Waals surface area contributed by atoms with Gasteiger partial charge in [-0.2, -0.15) is 0 Å². The summed E-state index contributed by atoms with van der Waals surface area (Å²) in [5.41, 5.74) is 7.90. The molecule has 0 amide bonds. The third-order valence-corrected chi connectivity index (χ3v) is 3.02. The lowest BCUT2D eigenvalue weighted by Crippen LogP contribution is -2.20. The third kappa shape index (κ3) is 1.78. The number of carboxylic acid groups (broad SMARTS) is 1. The standard InChI is InChI=1S/C12H13FN2O2/c1-5-6(2)15-11-8(5)3-7(4-9(11)13)10(14)12(16)17/h3-4,10,15H,14H2,1-2H3,(H,16,17). The molecule has 2 rings (SSSR count). The van der Waals surface area contributed by atoms with Gasteiger partial charge in [-0.3, -0.25) is 4.79 Å². The molecule has 0 saturated heterocycles. The summed E-state index contributed by atoms with van der Waals surface area (Å²) in [7, 11) is 0. The molecule has 1 heterocycles. The molecular weight excluding hydrogens is 223 g/mol. The summed E-state index contributed by atoms with van der Waals surface area (Å²) in [5, 5.41) is 9.49. The third-order valence-electron chi connectivity index (χ3n) is 3.02. The van der Waals surface area contributed by atoms with Crippen molar-refractivity contribution in [3.05, 3.63) is 34.8 Å². The Bertz CT molecular complexity index is 604. The number of halogens is 1. The highest BCUT2D eigenvalue weighted by Gasteiger charge is 2.18. The van der Waals surface area contributed by atoms with E-state index in [2.05, 4.69) is 4.98 Å². The average Bonchev–Trinajstić information content (AvgIpc) is 2.55. The predicted molar refractivity (Wildman–Crippen MR) is 62.3 cm³/mol. The molecule has 0 aliphatic carbocycles. The fourth-order valence-electron chi connectivity index (χ4n) is 1.86. The van der Waals surface area contributed by atoms with Crippen LogP contribution >= 0.6 is 0 Å². The van der Waals surface area contributed by atoms with Crippen LogP contribution in [0.4, 0.5) is 4.39 Å². The molecule has 17 heavy (non-hydrogen) atoms. The van der Waals surface area contributed by atoms with Crippen molar-refractivity contribution in [2.45, 2.75) is 19.9 Å². The van der Waals surface area contributed by atoms with E-state index in [0.717, 1.165) is 17.3 Å². The van der Waals surface area contributed by atoms with Gasteiger partial charge < -0.3 is 15.8 Å². The van der Waals surface area contributed by atoms with E-state index in [1.54, 1.807) is 6.07 Å². The molecule has 0 radical (unpaired) electrons. The van der Waals surface area contributed by atoms with E-state index < -0.39 is 17.8 Å². The molecule has 0 bridgehead atoms. The Morgan fingerprint density at radius 1 is 1.47 bits per heavy atom. The number of H-pyrrole nitrogens is 1. The van der Waals surface area contributed by atoms with Gasteiger partial charge in [0.2, 0.25) is 0 Å². The van der Waals surface area contributed by atoms with Crippen molar-refractivity contribution < 1.29 is 14.3 Å². The van der Waals surface area contributed by atoms with Crippen molar-refractivity contribution in [2.75, 3.05) is 0 Å². The summed E-state index contributed by atoms with van der Waals surface area (Å²) >= 11 is 0. The highest BCUT2D eigenvalue weighted by atomic mass is 19.1. The van der Waals surface area contributed by atoms with E-state index in [1.807, 2.05) is 13.8 Å². The van der Waals surface area contributed by atoms with Crippen molar-refractivity contribution in [2.24, 2.45) is 5.73 Å². The first kappa shape index (κ1) is 11.6. The molecule has 0 aliphatic heterocycles. The molecule has 5 heteroatoms. The van der Waals surface area contributed by atoms with Gasteiger partial charge in [-0.05, 0) is 37.1 Å².